The van der Waals surface area contributed by atoms with E-state index < -0.39 is 0 Å². The Hall–Kier alpha value is -1.79. The van der Waals surface area contributed by atoms with Gasteiger partial charge in [-0.1, -0.05) is 26.0 Å². The van der Waals surface area contributed by atoms with Crippen molar-refractivity contribution in [3.8, 4) is 0 Å². The van der Waals surface area contributed by atoms with Gasteiger partial charge in [-0.25, -0.2) is 0 Å². The molecule has 1 aliphatic heterocycles. The number of morpholine rings is 1. The van der Waals surface area contributed by atoms with E-state index >= 15 is 0 Å². The zero-order chi connectivity index (χ0) is 19.6. The summed E-state index contributed by atoms with van der Waals surface area (Å²) in [5.41, 5.74) is 2.46. The second-order valence-electron chi connectivity index (χ2n) is 7.80. The van der Waals surface area contributed by atoms with Crippen LogP contribution >= 0.6 is 0 Å². The molecule has 2 N–H and O–H groups in total. The SMILES string of the molecule is CN=C(NCc1ccc(N(C)C)cc1)NCC(CC(C)C)N1CCOCC1. The minimum Gasteiger partial charge on any atom is -0.379 e. The number of benzene rings is 1. The quantitative estimate of drug-likeness (QED) is 0.539. The summed E-state index contributed by atoms with van der Waals surface area (Å²) in [5.74, 6) is 1.53. The predicted molar refractivity (Wildman–Crippen MR) is 115 cm³/mol. The molecule has 6 heteroatoms. The third kappa shape index (κ3) is 7.39. The molecule has 0 bridgehead atoms. The van der Waals surface area contributed by atoms with E-state index in [2.05, 4.69) is 77.6 Å². The van der Waals surface area contributed by atoms with Gasteiger partial charge in [0.2, 0.25) is 0 Å². The molecule has 2 rings (SSSR count). The summed E-state index contributed by atoms with van der Waals surface area (Å²) in [6.07, 6.45) is 1.18. The molecule has 1 aliphatic rings. The number of aliphatic imine (C=N–C) groups is 1. The third-order valence-electron chi connectivity index (χ3n) is 4.95. The Morgan fingerprint density at radius 2 is 1.81 bits per heavy atom. The highest BCUT2D eigenvalue weighted by molar-refractivity contribution is 5.79. The first-order valence-electron chi connectivity index (χ1n) is 10.0. The van der Waals surface area contributed by atoms with Crippen LogP contribution in [0.4, 0.5) is 5.69 Å². The average Bonchev–Trinajstić information content (AvgIpc) is 2.67. The fourth-order valence-electron chi connectivity index (χ4n) is 3.38. The summed E-state index contributed by atoms with van der Waals surface area (Å²) in [7, 11) is 5.94. The van der Waals surface area contributed by atoms with E-state index in [-0.39, 0.29) is 0 Å². The van der Waals surface area contributed by atoms with Crippen LogP contribution in [0, 0.1) is 5.92 Å². The molecule has 1 fully saturated rings. The normalized spacial score (nSPS) is 17.0. The highest BCUT2D eigenvalue weighted by atomic mass is 16.5. The van der Waals surface area contributed by atoms with E-state index in [9.17, 15) is 0 Å². The van der Waals surface area contributed by atoms with E-state index in [4.69, 9.17) is 4.74 Å². The van der Waals surface area contributed by atoms with Crippen molar-refractivity contribution in [2.75, 3.05) is 58.9 Å². The second kappa shape index (κ2) is 11.1. The van der Waals surface area contributed by atoms with Crippen molar-refractivity contribution in [1.82, 2.24) is 15.5 Å². The molecule has 1 atom stereocenters. The Bertz CT molecular complexity index is 564. The Kier molecular flexibility index (Phi) is 8.88. The van der Waals surface area contributed by atoms with Crippen molar-refractivity contribution in [3.63, 3.8) is 0 Å². The van der Waals surface area contributed by atoms with Crippen molar-refractivity contribution >= 4 is 11.6 Å². The van der Waals surface area contributed by atoms with Gasteiger partial charge in [0, 0.05) is 59.1 Å². The van der Waals surface area contributed by atoms with E-state index in [1.165, 1.54) is 17.7 Å². The lowest BCUT2D eigenvalue weighted by molar-refractivity contribution is 0.0132. The molecule has 0 amide bonds. The van der Waals surface area contributed by atoms with E-state index in [0.717, 1.165) is 45.4 Å². The molecule has 0 saturated carbocycles. The van der Waals surface area contributed by atoms with Gasteiger partial charge in [-0.2, -0.15) is 0 Å². The number of nitrogens with one attached hydrogen (secondary N) is 2. The fourth-order valence-corrected chi connectivity index (χ4v) is 3.38. The minimum atomic E-state index is 0.506. The van der Waals surface area contributed by atoms with Gasteiger partial charge in [-0.05, 0) is 30.0 Å². The van der Waals surface area contributed by atoms with Crippen LogP contribution in [0.5, 0.6) is 0 Å². The molecule has 1 heterocycles. The lowest BCUT2D eigenvalue weighted by Crippen LogP contribution is -2.50. The number of ether oxygens (including phenoxy) is 1. The summed E-state index contributed by atoms with van der Waals surface area (Å²) >= 11 is 0. The molecule has 152 valence electrons. The molecule has 1 aromatic rings. The molecule has 27 heavy (non-hydrogen) atoms. The van der Waals surface area contributed by atoms with E-state index in [1.807, 2.05) is 7.05 Å². The first kappa shape index (κ1) is 21.5. The van der Waals surface area contributed by atoms with Crippen LogP contribution in [0.15, 0.2) is 29.3 Å². The van der Waals surface area contributed by atoms with E-state index in [0.29, 0.717) is 12.0 Å². The maximum atomic E-state index is 5.51. The number of guanidine groups is 1. The molecular weight excluding hydrogens is 338 g/mol. The lowest BCUT2D eigenvalue weighted by atomic mass is 10.0. The van der Waals surface area contributed by atoms with Crippen molar-refractivity contribution in [2.24, 2.45) is 10.9 Å². The molecular formula is C21H37N5O. The van der Waals surface area contributed by atoms with Crippen molar-refractivity contribution in [3.05, 3.63) is 29.8 Å². The Labute approximate surface area is 165 Å². The first-order valence-corrected chi connectivity index (χ1v) is 10.0. The van der Waals surface area contributed by atoms with E-state index in [1.54, 1.807) is 0 Å². The summed E-state index contributed by atoms with van der Waals surface area (Å²) in [5, 5.41) is 6.95. The van der Waals surface area contributed by atoms with Gasteiger partial charge in [0.15, 0.2) is 5.96 Å². The summed E-state index contributed by atoms with van der Waals surface area (Å²) in [6, 6.07) is 9.11. The zero-order valence-electron chi connectivity index (χ0n) is 17.7. The summed E-state index contributed by atoms with van der Waals surface area (Å²) in [6.45, 7) is 9.95. The molecule has 0 radical (unpaired) electrons. The van der Waals surface area contributed by atoms with Crippen LogP contribution in [0.2, 0.25) is 0 Å². The maximum absolute atomic E-state index is 5.51. The maximum Gasteiger partial charge on any atom is 0.191 e. The van der Waals surface area contributed by atoms with Crippen molar-refractivity contribution in [2.45, 2.75) is 32.9 Å². The number of rotatable bonds is 8. The van der Waals surface area contributed by atoms with Gasteiger partial charge in [0.25, 0.3) is 0 Å². The second-order valence-corrected chi connectivity index (χ2v) is 7.80. The van der Waals surface area contributed by atoms with Crippen molar-refractivity contribution < 1.29 is 4.74 Å². The van der Waals surface area contributed by atoms with Crippen LogP contribution in [0.1, 0.15) is 25.8 Å². The minimum absolute atomic E-state index is 0.506. The van der Waals surface area contributed by atoms with Crippen LogP contribution in [0.25, 0.3) is 0 Å². The molecule has 1 saturated heterocycles. The first-order chi connectivity index (χ1) is 13.0. The molecule has 0 spiro atoms. The summed E-state index contributed by atoms with van der Waals surface area (Å²) < 4.78 is 5.51. The topological polar surface area (TPSA) is 52.1 Å². The fraction of sp³-hybridized carbons (Fsp3) is 0.667. The largest absolute Gasteiger partial charge is 0.379 e. The molecule has 0 aromatic heterocycles. The Morgan fingerprint density at radius 3 is 2.37 bits per heavy atom. The number of hydrogen-bond acceptors (Lipinski definition) is 4. The summed E-state index contributed by atoms with van der Waals surface area (Å²) in [4.78, 5) is 9.04. The standard InChI is InChI=1S/C21H37N5O/c1-17(2)14-20(26-10-12-27-13-11-26)16-24-21(22-3)23-15-18-6-8-19(9-7-18)25(4)5/h6-9,17,20H,10-16H2,1-5H3,(H2,22,23,24). The van der Waals surface area contributed by atoms with Crippen LogP contribution in [0.3, 0.4) is 0 Å². The Morgan fingerprint density at radius 1 is 1.15 bits per heavy atom. The highest BCUT2D eigenvalue weighted by Crippen LogP contribution is 2.13. The number of nitrogens with zero attached hydrogens (tertiary/aromatic N) is 3. The number of anilines is 1. The predicted octanol–water partition coefficient (Wildman–Crippen LogP) is 2.16. The number of hydrogen-bond donors (Lipinski definition) is 2. The Balaban J connectivity index is 1.84. The van der Waals surface area contributed by atoms with Gasteiger partial charge < -0.3 is 20.3 Å². The van der Waals surface area contributed by atoms with Gasteiger partial charge in [0.1, 0.15) is 0 Å². The molecule has 0 aliphatic carbocycles. The average molecular weight is 376 g/mol. The van der Waals surface area contributed by atoms with Crippen LogP contribution in [-0.2, 0) is 11.3 Å². The lowest BCUT2D eigenvalue weighted by Gasteiger charge is -2.35. The van der Waals surface area contributed by atoms with Crippen LogP contribution in [-0.4, -0.2) is 70.9 Å². The molecule has 6 nitrogen and oxygen atoms in total. The monoisotopic (exact) mass is 375 g/mol. The smallest absolute Gasteiger partial charge is 0.191 e. The van der Waals surface area contributed by atoms with Gasteiger partial charge in [-0.3, -0.25) is 9.89 Å². The molecule has 1 aromatic carbocycles. The van der Waals surface area contributed by atoms with Gasteiger partial charge in [0.05, 0.1) is 13.2 Å². The molecule has 1 unspecified atom stereocenters. The van der Waals surface area contributed by atoms with Crippen molar-refractivity contribution in [1.29, 1.82) is 0 Å². The zero-order valence-corrected chi connectivity index (χ0v) is 17.7. The van der Waals surface area contributed by atoms with Crippen LogP contribution < -0.4 is 15.5 Å². The van der Waals surface area contributed by atoms with Gasteiger partial charge in [-0.15, -0.1) is 0 Å². The van der Waals surface area contributed by atoms with Gasteiger partial charge >= 0.3 is 0 Å². The highest BCUT2D eigenvalue weighted by Gasteiger charge is 2.22. The third-order valence-corrected chi connectivity index (χ3v) is 4.95.